The lowest BCUT2D eigenvalue weighted by Crippen LogP contribution is -2.54. The molecule has 7 nitrogen and oxygen atoms in total. The quantitative estimate of drug-likeness (QED) is 0.672. The average molecular weight is 463 g/mol. The van der Waals surface area contributed by atoms with Crippen molar-refractivity contribution in [3.63, 3.8) is 0 Å². The van der Waals surface area contributed by atoms with Gasteiger partial charge in [-0.05, 0) is 60.8 Å². The maximum absolute atomic E-state index is 13.2. The summed E-state index contributed by atoms with van der Waals surface area (Å²) in [5.41, 5.74) is 4.61. The second kappa shape index (κ2) is 9.12. The third-order valence-corrected chi connectivity index (χ3v) is 7.60. The molecule has 0 spiro atoms. The lowest BCUT2D eigenvalue weighted by atomic mass is 9.88. The van der Waals surface area contributed by atoms with Gasteiger partial charge >= 0.3 is 12.1 Å². The van der Waals surface area contributed by atoms with Crippen molar-refractivity contribution in [3.8, 4) is 11.1 Å². The Labute approximate surface area is 199 Å². The predicted molar refractivity (Wildman–Crippen MR) is 126 cm³/mol. The van der Waals surface area contributed by atoms with E-state index < -0.39 is 18.1 Å². The number of rotatable bonds is 6. The highest BCUT2D eigenvalue weighted by molar-refractivity contribution is 5.86. The van der Waals surface area contributed by atoms with Gasteiger partial charge in [0.2, 0.25) is 5.91 Å². The molecule has 3 atom stereocenters. The molecule has 2 fully saturated rings. The van der Waals surface area contributed by atoms with Gasteiger partial charge in [-0.25, -0.2) is 4.79 Å². The van der Waals surface area contributed by atoms with E-state index in [2.05, 4.69) is 29.6 Å². The standard InChI is InChI=1S/C27H30N2O5/c1-16(26(32)29-18-10-11-19(29)13-17(12-18)14-25(30)31)28-27(33)34-15-24-22-8-4-2-6-20(22)21-7-3-5-9-23(21)24/h2-9,16-19,24H,10-15H2,1H3,(H,28,33)(H,30,31). The number of carbonyl (C=O) groups is 3. The van der Waals surface area contributed by atoms with Crippen LogP contribution in [0, 0.1) is 5.92 Å². The van der Waals surface area contributed by atoms with Gasteiger partial charge in [0.15, 0.2) is 0 Å². The molecular formula is C27H30N2O5. The SMILES string of the molecule is CC(NC(=O)OCC1c2ccccc2-c2ccccc21)C(=O)N1C2CCC1CC(CC(=O)O)C2. The summed E-state index contributed by atoms with van der Waals surface area (Å²) >= 11 is 0. The van der Waals surface area contributed by atoms with Crippen LogP contribution >= 0.6 is 0 Å². The number of fused-ring (bicyclic) bond motifs is 5. The van der Waals surface area contributed by atoms with E-state index in [4.69, 9.17) is 9.84 Å². The molecule has 2 heterocycles. The first-order valence-corrected chi connectivity index (χ1v) is 12.1. The van der Waals surface area contributed by atoms with E-state index >= 15 is 0 Å². The van der Waals surface area contributed by atoms with Crippen molar-refractivity contribution in [2.75, 3.05) is 6.61 Å². The number of piperidine rings is 1. The second-order valence-electron chi connectivity index (χ2n) is 9.76. The number of ether oxygens (including phenoxy) is 1. The van der Waals surface area contributed by atoms with Crippen LogP contribution in [0.5, 0.6) is 0 Å². The van der Waals surface area contributed by atoms with Gasteiger partial charge in [0.1, 0.15) is 12.6 Å². The summed E-state index contributed by atoms with van der Waals surface area (Å²) in [6, 6.07) is 15.7. The lowest BCUT2D eigenvalue weighted by molar-refractivity contribution is -0.140. The summed E-state index contributed by atoms with van der Waals surface area (Å²) < 4.78 is 5.59. The van der Waals surface area contributed by atoms with Crippen LogP contribution in [-0.4, -0.2) is 52.7 Å². The number of nitrogens with one attached hydrogen (secondary N) is 1. The number of hydrogen-bond acceptors (Lipinski definition) is 4. The van der Waals surface area contributed by atoms with Gasteiger partial charge in [-0.1, -0.05) is 48.5 Å². The highest BCUT2D eigenvalue weighted by atomic mass is 16.5. The third kappa shape index (κ3) is 4.15. The van der Waals surface area contributed by atoms with Crippen LogP contribution in [0.3, 0.4) is 0 Å². The Balaban J connectivity index is 1.18. The largest absolute Gasteiger partial charge is 0.481 e. The predicted octanol–water partition coefficient (Wildman–Crippen LogP) is 4.16. The van der Waals surface area contributed by atoms with E-state index in [0.717, 1.165) is 35.1 Å². The molecule has 5 rings (SSSR count). The Bertz CT molecular complexity index is 1060. The fourth-order valence-corrected chi connectivity index (χ4v) is 6.17. The Morgan fingerprint density at radius 3 is 2.12 bits per heavy atom. The van der Waals surface area contributed by atoms with Gasteiger partial charge in [0, 0.05) is 24.4 Å². The normalized spacial score (nSPS) is 23.7. The molecule has 2 aromatic rings. The van der Waals surface area contributed by atoms with Gasteiger partial charge in [-0.2, -0.15) is 0 Å². The van der Waals surface area contributed by atoms with Crippen LogP contribution in [-0.2, 0) is 14.3 Å². The zero-order valence-electron chi connectivity index (χ0n) is 19.3. The van der Waals surface area contributed by atoms with E-state index in [1.165, 1.54) is 0 Å². The van der Waals surface area contributed by atoms with Crippen LogP contribution in [0.25, 0.3) is 11.1 Å². The second-order valence-corrected chi connectivity index (χ2v) is 9.76. The van der Waals surface area contributed by atoms with Crippen molar-refractivity contribution in [2.24, 2.45) is 5.92 Å². The van der Waals surface area contributed by atoms with Crippen molar-refractivity contribution in [1.29, 1.82) is 0 Å². The van der Waals surface area contributed by atoms with Crippen molar-refractivity contribution >= 4 is 18.0 Å². The highest BCUT2D eigenvalue weighted by Crippen LogP contribution is 2.44. The molecule has 34 heavy (non-hydrogen) atoms. The molecule has 3 unspecified atom stereocenters. The summed E-state index contributed by atoms with van der Waals surface area (Å²) in [5.74, 6) is -0.818. The van der Waals surface area contributed by atoms with Crippen LogP contribution in [0.1, 0.15) is 56.1 Å². The third-order valence-electron chi connectivity index (χ3n) is 7.60. The van der Waals surface area contributed by atoms with E-state index in [9.17, 15) is 14.4 Å². The number of aliphatic carboxylic acids is 1. The minimum Gasteiger partial charge on any atom is -0.481 e. The molecule has 2 amide bonds. The number of carboxylic acid groups (broad SMARTS) is 1. The first-order chi connectivity index (χ1) is 16.4. The minimum atomic E-state index is -0.783. The van der Waals surface area contributed by atoms with Gasteiger partial charge in [0.05, 0.1) is 0 Å². The van der Waals surface area contributed by atoms with E-state index in [0.29, 0.717) is 12.8 Å². The van der Waals surface area contributed by atoms with Crippen LogP contribution in [0.4, 0.5) is 4.79 Å². The molecule has 1 aliphatic carbocycles. The number of nitrogens with zero attached hydrogens (tertiary/aromatic N) is 1. The summed E-state index contributed by atoms with van der Waals surface area (Å²) in [7, 11) is 0. The number of benzene rings is 2. The Morgan fingerprint density at radius 2 is 1.56 bits per heavy atom. The number of carbonyl (C=O) groups excluding carboxylic acids is 2. The van der Waals surface area contributed by atoms with Gasteiger partial charge in [0.25, 0.3) is 0 Å². The van der Waals surface area contributed by atoms with Crippen LogP contribution < -0.4 is 5.32 Å². The first-order valence-electron chi connectivity index (χ1n) is 12.1. The Hall–Kier alpha value is -3.35. The molecule has 7 heteroatoms. The Morgan fingerprint density at radius 1 is 1.00 bits per heavy atom. The fourth-order valence-electron chi connectivity index (χ4n) is 6.17. The van der Waals surface area contributed by atoms with Crippen molar-refractivity contribution in [1.82, 2.24) is 10.2 Å². The Kier molecular flexibility index (Phi) is 6.02. The summed E-state index contributed by atoms with van der Waals surface area (Å²) in [6.07, 6.45) is 2.77. The smallest absolute Gasteiger partial charge is 0.407 e. The molecule has 3 aliphatic rings. The number of amides is 2. The summed E-state index contributed by atoms with van der Waals surface area (Å²) in [6.45, 7) is 1.89. The maximum atomic E-state index is 13.2. The van der Waals surface area contributed by atoms with Crippen molar-refractivity contribution in [3.05, 3.63) is 59.7 Å². The summed E-state index contributed by atoms with van der Waals surface area (Å²) in [5, 5.41) is 11.8. The van der Waals surface area contributed by atoms with Crippen molar-refractivity contribution < 1.29 is 24.2 Å². The molecule has 2 saturated heterocycles. The van der Waals surface area contributed by atoms with Crippen LogP contribution in [0.2, 0.25) is 0 Å². The summed E-state index contributed by atoms with van der Waals surface area (Å²) in [4.78, 5) is 38.7. The first kappa shape index (κ1) is 22.4. The fraction of sp³-hybridized carbons (Fsp3) is 0.444. The van der Waals surface area contributed by atoms with Crippen molar-refractivity contribution in [2.45, 2.75) is 63.1 Å². The minimum absolute atomic E-state index is 0.0340. The molecule has 0 aromatic heterocycles. The van der Waals surface area contributed by atoms with Gasteiger partial charge in [-0.15, -0.1) is 0 Å². The van der Waals surface area contributed by atoms with E-state index in [1.54, 1.807) is 6.92 Å². The maximum Gasteiger partial charge on any atom is 0.407 e. The molecule has 178 valence electrons. The van der Waals surface area contributed by atoms with Gasteiger partial charge < -0.3 is 20.1 Å². The molecule has 0 saturated carbocycles. The van der Waals surface area contributed by atoms with Gasteiger partial charge in [-0.3, -0.25) is 9.59 Å². The molecule has 0 radical (unpaired) electrons. The zero-order chi connectivity index (χ0) is 23.8. The monoisotopic (exact) mass is 462 g/mol. The van der Waals surface area contributed by atoms with E-state index in [1.807, 2.05) is 29.2 Å². The van der Waals surface area contributed by atoms with E-state index in [-0.39, 0.29) is 42.9 Å². The molecule has 2 aromatic carbocycles. The van der Waals surface area contributed by atoms with Crippen LogP contribution in [0.15, 0.2) is 48.5 Å². The molecule has 2 N–H and O–H groups in total. The number of carboxylic acids is 1. The lowest BCUT2D eigenvalue weighted by Gasteiger charge is -2.40. The number of hydrogen-bond donors (Lipinski definition) is 2. The molecule has 2 bridgehead atoms. The zero-order valence-corrected chi connectivity index (χ0v) is 19.3. The average Bonchev–Trinajstić information content (AvgIpc) is 3.28. The number of alkyl carbamates (subject to hydrolysis) is 1. The topological polar surface area (TPSA) is 95.9 Å². The molecular weight excluding hydrogens is 432 g/mol. The molecule has 2 aliphatic heterocycles. The highest BCUT2D eigenvalue weighted by Gasteiger charge is 2.44.